The van der Waals surface area contributed by atoms with Crippen LogP contribution in [0, 0.1) is 0 Å². The summed E-state index contributed by atoms with van der Waals surface area (Å²) in [5.74, 6) is 5.51. The van der Waals surface area contributed by atoms with Gasteiger partial charge in [0.1, 0.15) is 6.29 Å². The second-order valence-electron chi connectivity index (χ2n) is 2.15. The summed E-state index contributed by atoms with van der Waals surface area (Å²) in [7, 11) is 0. The smallest absolute Gasteiger partial charge is 0.140 e. The Morgan fingerprint density at radius 2 is 2.00 bits per heavy atom. The summed E-state index contributed by atoms with van der Waals surface area (Å²) < 4.78 is 0. The lowest BCUT2D eigenvalue weighted by Crippen LogP contribution is -2.32. The second kappa shape index (κ2) is 3.73. The van der Waals surface area contributed by atoms with Crippen molar-refractivity contribution in [1.82, 2.24) is 0 Å². The van der Waals surface area contributed by atoms with Crippen molar-refractivity contribution in [2.24, 2.45) is 5.84 Å². The molecule has 0 bridgehead atoms. The number of benzene rings is 1. The van der Waals surface area contributed by atoms with Gasteiger partial charge in [-0.3, -0.25) is 0 Å². The van der Waals surface area contributed by atoms with Crippen LogP contribution in [0.15, 0.2) is 30.3 Å². The standard InChI is InChI=1S/C8H10N2O/c9-10(6-7-11)8-4-2-1-3-5-8/h1-5,7H,6,9H2. The Bertz CT molecular complexity index is 223. The predicted molar refractivity (Wildman–Crippen MR) is 44.0 cm³/mol. The van der Waals surface area contributed by atoms with Crippen LogP contribution in [0.2, 0.25) is 0 Å². The number of hydrazine groups is 1. The van der Waals surface area contributed by atoms with Crippen molar-refractivity contribution in [3.05, 3.63) is 30.3 Å². The Morgan fingerprint density at radius 1 is 1.36 bits per heavy atom. The van der Waals surface area contributed by atoms with Gasteiger partial charge in [-0.2, -0.15) is 0 Å². The van der Waals surface area contributed by atoms with E-state index in [0.717, 1.165) is 12.0 Å². The highest BCUT2D eigenvalue weighted by molar-refractivity contribution is 5.60. The van der Waals surface area contributed by atoms with Crippen LogP contribution in [-0.2, 0) is 4.79 Å². The van der Waals surface area contributed by atoms with Crippen LogP contribution in [0.5, 0.6) is 0 Å². The molecule has 0 aliphatic carbocycles. The van der Waals surface area contributed by atoms with Crippen LogP contribution >= 0.6 is 0 Å². The average molecular weight is 150 g/mol. The Balaban J connectivity index is 2.68. The van der Waals surface area contributed by atoms with E-state index in [0.29, 0.717) is 0 Å². The van der Waals surface area contributed by atoms with Crippen LogP contribution in [0.1, 0.15) is 0 Å². The van der Waals surface area contributed by atoms with Crippen molar-refractivity contribution in [1.29, 1.82) is 0 Å². The third-order valence-corrected chi connectivity index (χ3v) is 1.36. The number of hydrogen-bond donors (Lipinski definition) is 1. The number of nitrogens with zero attached hydrogens (tertiary/aromatic N) is 1. The molecule has 1 aromatic rings. The molecule has 1 rings (SSSR count). The van der Waals surface area contributed by atoms with Gasteiger partial charge in [0.15, 0.2) is 0 Å². The van der Waals surface area contributed by atoms with Gasteiger partial charge in [0.25, 0.3) is 0 Å². The normalized spacial score (nSPS) is 9.18. The van der Waals surface area contributed by atoms with Gasteiger partial charge in [0.05, 0.1) is 12.2 Å². The SMILES string of the molecule is NN(CC=O)c1ccccc1. The monoisotopic (exact) mass is 150 g/mol. The van der Waals surface area contributed by atoms with Crippen LogP contribution in [0.4, 0.5) is 5.69 Å². The van der Waals surface area contributed by atoms with Crippen LogP contribution < -0.4 is 10.9 Å². The highest BCUT2D eigenvalue weighted by Gasteiger charge is 1.96. The molecule has 58 valence electrons. The topological polar surface area (TPSA) is 46.3 Å². The summed E-state index contributed by atoms with van der Waals surface area (Å²) in [6.07, 6.45) is 0.771. The number of para-hydroxylation sites is 1. The molecule has 0 unspecified atom stereocenters. The van der Waals surface area contributed by atoms with E-state index in [-0.39, 0.29) is 6.54 Å². The third kappa shape index (κ3) is 2.05. The first-order valence-corrected chi connectivity index (χ1v) is 3.35. The summed E-state index contributed by atoms with van der Waals surface area (Å²) in [6.45, 7) is 0.226. The molecule has 11 heavy (non-hydrogen) atoms. The Labute approximate surface area is 65.4 Å². The maximum absolute atomic E-state index is 10.1. The maximum atomic E-state index is 10.1. The average Bonchev–Trinajstić information content (AvgIpc) is 2.07. The third-order valence-electron chi connectivity index (χ3n) is 1.36. The molecule has 0 saturated heterocycles. The van der Waals surface area contributed by atoms with Crippen molar-refractivity contribution in [2.45, 2.75) is 0 Å². The summed E-state index contributed by atoms with van der Waals surface area (Å²) >= 11 is 0. The molecule has 0 atom stereocenters. The van der Waals surface area contributed by atoms with E-state index >= 15 is 0 Å². The lowest BCUT2D eigenvalue weighted by molar-refractivity contribution is -0.106. The molecule has 0 heterocycles. The van der Waals surface area contributed by atoms with Crippen molar-refractivity contribution in [2.75, 3.05) is 11.6 Å². The summed E-state index contributed by atoms with van der Waals surface area (Å²) in [4.78, 5) is 10.1. The number of aldehydes is 1. The van der Waals surface area contributed by atoms with Crippen molar-refractivity contribution in [3.8, 4) is 0 Å². The number of hydrogen-bond acceptors (Lipinski definition) is 3. The molecular weight excluding hydrogens is 140 g/mol. The van der Waals surface area contributed by atoms with E-state index in [9.17, 15) is 4.79 Å². The molecule has 3 heteroatoms. The first-order valence-electron chi connectivity index (χ1n) is 3.35. The van der Waals surface area contributed by atoms with Gasteiger partial charge in [-0.15, -0.1) is 0 Å². The van der Waals surface area contributed by atoms with Crippen molar-refractivity contribution in [3.63, 3.8) is 0 Å². The fourth-order valence-electron chi connectivity index (χ4n) is 0.805. The van der Waals surface area contributed by atoms with Gasteiger partial charge in [-0.1, -0.05) is 18.2 Å². The molecule has 2 N–H and O–H groups in total. The van der Waals surface area contributed by atoms with Gasteiger partial charge in [-0.25, -0.2) is 5.84 Å². The molecule has 0 fully saturated rings. The molecule has 1 aromatic carbocycles. The van der Waals surface area contributed by atoms with Crippen molar-refractivity contribution >= 4 is 12.0 Å². The zero-order chi connectivity index (χ0) is 8.10. The lowest BCUT2D eigenvalue weighted by atomic mass is 10.3. The number of carbonyl (C=O) groups is 1. The maximum Gasteiger partial charge on any atom is 0.140 e. The number of nitrogens with two attached hydrogens (primary N) is 1. The predicted octanol–water partition coefficient (Wildman–Crippen LogP) is 0.566. The second-order valence-corrected chi connectivity index (χ2v) is 2.15. The van der Waals surface area contributed by atoms with E-state index in [2.05, 4.69) is 0 Å². The lowest BCUT2D eigenvalue weighted by Gasteiger charge is -2.14. The van der Waals surface area contributed by atoms with Crippen LogP contribution in [0.3, 0.4) is 0 Å². The van der Waals surface area contributed by atoms with Gasteiger partial charge in [-0.05, 0) is 12.1 Å². The number of carbonyl (C=O) groups excluding carboxylic acids is 1. The van der Waals surface area contributed by atoms with Crippen LogP contribution in [-0.4, -0.2) is 12.8 Å². The Morgan fingerprint density at radius 3 is 2.55 bits per heavy atom. The highest BCUT2D eigenvalue weighted by Crippen LogP contribution is 2.07. The largest absolute Gasteiger partial charge is 0.304 e. The summed E-state index contributed by atoms with van der Waals surface area (Å²) in [5, 5.41) is 1.40. The molecule has 0 saturated carbocycles. The quantitative estimate of drug-likeness (QED) is 0.389. The molecule has 0 radical (unpaired) electrons. The van der Waals surface area contributed by atoms with Crippen molar-refractivity contribution < 1.29 is 4.79 Å². The van der Waals surface area contributed by atoms with Gasteiger partial charge < -0.3 is 9.80 Å². The number of anilines is 1. The first-order chi connectivity index (χ1) is 5.34. The Hall–Kier alpha value is -1.35. The molecule has 0 aliphatic rings. The van der Waals surface area contributed by atoms with Gasteiger partial charge in [0.2, 0.25) is 0 Å². The van der Waals surface area contributed by atoms with E-state index in [1.54, 1.807) is 0 Å². The molecule has 3 nitrogen and oxygen atoms in total. The van der Waals surface area contributed by atoms with Gasteiger partial charge in [0, 0.05) is 0 Å². The fourth-order valence-corrected chi connectivity index (χ4v) is 0.805. The summed E-state index contributed by atoms with van der Waals surface area (Å²) in [5.41, 5.74) is 0.847. The Kier molecular flexibility index (Phi) is 2.63. The molecule has 0 aliphatic heterocycles. The van der Waals surface area contributed by atoms with E-state index < -0.39 is 0 Å². The molecule has 0 amide bonds. The van der Waals surface area contributed by atoms with Crippen LogP contribution in [0.25, 0.3) is 0 Å². The minimum absolute atomic E-state index is 0.226. The summed E-state index contributed by atoms with van der Waals surface area (Å²) in [6, 6.07) is 9.35. The van der Waals surface area contributed by atoms with E-state index in [1.165, 1.54) is 5.01 Å². The minimum atomic E-state index is 0.226. The zero-order valence-electron chi connectivity index (χ0n) is 6.10. The molecule has 0 spiro atoms. The highest BCUT2D eigenvalue weighted by atomic mass is 16.1. The first kappa shape index (κ1) is 7.75. The minimum Gasteiger partial charge on any atom is -0.304 e. The molecule has 0 aromatic heterocycles. The van der Waals surface area contributed by atoms with Gasteiger partial charge >= 0.3 is 0 Å². The van der Waals surface area contributed by atoms with E-state index in [1.807, 2.05) is 30.3 Å². The fraction of sp³-hybridized carbons (Fsp3) is 0.125. The number of rotatable bonds is 3. The zero-order valence-corrected chi connectivity index (χ0v) is 6.10. The van der Waals surface area contributed by atoms with E-state index in [4.69, 9.17) is 5.84 Å². The molecular formula is C8H10N2O.